The molecule has 41 heavy (non-hydrogen) atoms. The van der Waals surface area contributed by atoms with E-state index in [2.05, 4.69) is 0 Å². The number of hydrogen-bond acceptors (Lipinski definition) is 5. The lowest BCUT2D eigenvalue weighted by atomic mass is 10.1. The molecule has 0 spiro atoms. The van der Waals surface area contributed by atoms with E-state index >= 15 is 0 Å². The standard InChI is InChI=1S/C31H31F3N4O2S/c32-31(33,34)26-12-7-13-27(22-26)36-20-18-35(19-21-36)23-28-29(39)37(16-14-24-8-3-1-4-9-24)41-38(30(28)40)17-15-25-10-5-2-6-11-25/h1-13,22-23H,14-21H2. The molecule has 3 aromatic rings. The van der Waals surface area contributed by atoms with Crippen molar-refractivity contribution in [3.63, 3.8) is 0 Å². The minimum Gasteiger partial charge on any atom is -0.373 e. The summed E-state index contributed by atoms with van der Waals surface area (Å²) in [5.74, 6) is -0.653. The van der Waals surface area contributed by atoms with Gasteiger partial charge in [0, 0.05) is 51.2 Å². The molecular formula is C31H31F3N4O2S. The first kappa shape index (κ1) is 28.6. The molecule has 0 saturated carbocycles. The summed E-state index contributed by atoms with van der Waals surface area (Å²) in [5.41, 5.74) is 2.14. The molecule has 0 atom stereocenters. The molecule has 0 aliphatic carbocycles. The molecule has 0 bridgehead atoms. The van der Waals surface area contributed by atoms with E-state index in [1.165, 1.54) is 6.07 Å². The van der Waals surface area contributed by atoms with Gasteiger partial charge in [0.2, 0.25) is 0 Å². The molecule has 0 radical (unpaired) electrons. The molecule has 10 heteroatoms. The van der Waals surface area contributed by atoms with Crippen molar-refractivity contribution in [2.75, 3.05) is 44.2 Å². The highest BCUT2D eigenvalue weighted by Crippen LogP contribution is 2.32. The van der Waals surface area contributed by atoms with Crippen LogP contribution in [0, 0.1) is 0 Å². The van der Waals surface area contributed by atoms with Crippen molar-refractivity contribution in [2.45, 2.75) is 19.0 Å². The van der Waals surface area contributed by atoms with Crippen LogP contribution in [0.25, 0.3) is 0 Å². The molecule has 2 saturated heterocycles. The Morgan fingerprint density at radius 3 is 1.76 bits per heavy atom. The fourth-order valence-electron chi connectivity index (χ4n) is 4.87. The quantitative estimate of drug-likeness (QED) is 0.202. The van der Waals surface area contributed by atoms with Crippen LogP contribution in [-0.4, -0.2) is 64.6 Å². The average Bonchev–Trinajstić information content (AvgIpc) is 2.99. The Labute approximate surface area is 242 Å². The summed E-state index contributed by atoms with van der Waals surface area (Å²) >= 11 is 1.16. The number of amides is 2. The zero-order valence-electron chi connectivity index (χ0n) is 22.5. The Balaban J connectivity index is 1.29. The average molecular weight is 581 g/mol. The molecule has 0 aromatic heterocycles. The Hall–Kier alpha value is -3.92. The third-order valence-electron chi connectivity index (χ3n) is 7.17. The second-order valence-electron chi connectivity index (χ2n) is 9.98. The van der Waals surface area contributed by atoms with E-state index in [-0.39, 0.29) is 17.4 Å². The maximum absolute atomic E-state index is 13.5. The van der Waals surface area contributed by atoms with E-state index in [0.29, 0.717) is 57.8 Å². The first-order chi connectivity index (χ1) is 19.8. The van der Waals surface area contributed by atoms with Crippen molar-refractivity contribution in [1.29, 1.82) is 0 Å². The summed E-state index contributed by atoms with van der Waals surface area (Å²) in [7, 11) is 0. The van der Waals surface area contributed by atoms with E-state index in [4.69, 9.17) is 0 Å². The number of hydrogen-bond donors (Lipinski definition) is 0. The van der Waals surface area contributed by atoms with Gasteiger partial charge in [0.05, 0.1) is 17.7 Å². The Bertz CT molecular complexity index is 1310. The van der Waals surface area contributed by atoms with Crippen molar-refractivity contribution in [2.24, 2.45) is 0 Å². The van der Waals surface area contributed by atoms with Crippen LogP contribution < -0.4 is 4.90 Å². The third kappa shape index (κ3) is 7.24. The molecular weight excluding hydrogens is 549 g/mol. The van der Waals surface area contributed by atoms with Gasteiger partial charge >= 0.3 is 6.18 Å². The molecule has 214 valence electrons. The summed E-state index contributed by atoms with van der Waals surface area (Å²) in [6.45, 7) is 2.78. The van der Waals surface area contributed by atoms with Crippen LogP contribution in [0.4, 0.5) is 18.9 Å². The first-order valence-corrected chi connectivity index (χ1v) is 14.3. The fraction of sp³-hybridized carbons (Fsp3) is 0.290. The number of carbonyl (C=O) groups excluding carboxylic acids is 2. The van der Waals surface area contributed by atoms with Gasteiger partial charge in [0.25, 0.3) is 11.8 Å². The monoisotopic (exact) mass is 580 g/mol. The zero-order valence-corrected chi connectivity index (χ0v) is 23.3. The molecule has 5 rings (SSSR count). The van der Waals surface area contributed by atoms with Gasteiger partial charge in [-0.2, -0.15) is 13.2 Å². The lowest BCUT2D eigenvalue weighted by molar-refractivity contribution is -0.137. The highest BCUT2D eigenvalue weighted by atomic mass is 32.2. The smallest absolute Gasteiger partial charge is 0.373 e. The molecule has 0 N–H and O–H groups in total. The van der Waals surface area contributed by atoms with Gasteiger partial charge in [0.15, 0.2) is 0 Å². The number of alkyl halides is 3. The van der Waals surface area contributed by atoms with E-state index in [1.807, 2.05) is 70.5 Å². The first-order valence-electron chi connectivity index (χ1n) is 13.6. The SMILES string of the molecule is O=C1C(=CN2CCN(c3cccc(C(F)(F)F)c3)CC2)C(=O)N(CCc2ccccc2)SN1CCc1ccccc1. The molecule has 2 aliphatic rings. The number of halogens is 3. The van der Waals surface area contributed by atoms with Crippen LogP contribution in [0.1, 0.15) is 16.7 Å². The topological polar surface area (TPSA) is 47.1 Å². The predicted molar refractivity (Wildman–Crippen MR) is 155 cm³/mol. The van der Waals surface area contributed by atoms with E-state index < -0.39 is 11.7 Å². The molecule has 6 nitrogen and oxygen atoms in total. The maximum atomic E-state index is 13.5. The fourth-order valence-corrected chi connectivity index (χ4v) is 5.80. The van der Waals surface area contributed by atoms with Crippen molar-refractivity contribution in [1.82, 2.24) is 13.5 Å². The summed E-state index contributed by atoms with van der Waals surface area (Å²) in [5, 5.41) is 0. The normalized spacial score (nSPS) is 16.4. The van der Waals surface area contributed by atoms with Gasteiger partial charge in [-0.25, -0.2) is 0 Å². The second-order valence-corrected chi connectivity index (χ2v) is 11.0. The maximum Gasteiger partial charge on any atom is 0.416 e. The van der Waals surface area contributed by atoms with Crippen molar-refractivity contribution in [3.05, 3.63) is 113 Å². The zero-order chi connectivity index (χ0) is 28.8. The minimum absolute atomic E-state index is 0.109. The van der Waals surface area contributed by atoms with Crippen LogP contribution in [0.5, 0.6) is 0 Å². The molecule has 2 fully saturated rings. The Morgan fingerprint density at radius 1 is 0.707 bits per heavy atom. The number of rotatable bonds is 8. The lowest BCUT2D eigenvalue weighted by Gasteiger charge is -2.38. The van der Waals surface area contributed by atoms with Gasteiger partial charge in [0.1, 0.15) is 5.57 Å². The van der Waals surface area contributed by atoms with Crippen LogP contribution in [0.3, 0.4) is 0 Å². The van der Waals surface area contributed by atoms with Crippen LogP contribution in [0.15, 0.2) is 96.7 Å². The number of nitrogens with zero attached hydrogens (tertiary/aromatic N) is 4. The minimum atomic E-state index is -4.40. The van der Waals surface area contributed by atoms with E-state index in [9.17, 15) is 22.8 Å². The summed E-state index contributed by atoms with van der Waals surface area (Å²) < 4.78 is 42.9. The summed E-state index contributed by atoms with van der Waals surface area (Å²) in [6.07, 6.45) is -1.45. The Kier molecular flexibility index (Phi) is 8.87. The largest absolute Gasteiger partial charge is 0.416 e. The number of benzene rings is 3. The van der Waals surface area contributed by atoms with E-state index in [0.717, 1.165) is 35.4 Å². The van der Waals surface area contributed by atoms with Gasteiger partial charge in [-0.05, 0) is 42.2 Å². The number of piperazine rings is 1. The summed E-state index contributed by atoms with van der Waals surface area (Å²) in [6, 6.07) is 25.1. The van der Waals surface area contributed by atoms with Gasteiger partial charge in [-0.3, -0.25) is 18.2 Å². The molecule has 3 aromatic carbocycles. The number of anilines is 1. The van der Waals surface area contributed by atoms with Crippen molar-refractivity contribution < 1.29 is 22.8 Å². The second kappa shape index (κ2) is 12.7. The van der Waals surface area contributed by atoms with Gasteiger partial charge in [-0.1, -0.05) is 66.7 Å². The third-order valence-corrected chi connectivity index (χ3v) is 8.26. The lowest BCUT2D eigenvalue weighted by Crippen LogP contribution is -2.48. The predicted octanol–water partition coefficient (Wildman–Crippen LogP) is 5.43. The van der Waals surface area contributed by atoms with Crippen LogP contribution >= 0.6 is 12.1 Å². The van der Waals surface area contributed by atoms with Crippen molar-refractivity contribution >= 4 is 29.6 Å². The van der Waals surface area contributed by atoms with Crippen LogP contribution in [-0.2, 0) is 28.6 Å². The van der Waals surface area contributed by atoms with Gasteiger partial charge < -0.3 is 9.80 Å². The molecule has 2 aliphatic heterocycles. The molecule has 0 unspecified atom stereocenters. The molecule has 2 amide bonds. The van der Waals surface area contributed by atoms with E-state index in [1.54, 1.807) is 20.9 Å². The van der Waals surface area contributed by atoms with Crippen molar-refractivity contribution in [3.8, 4) is 0 Å². The molecule has 2 heterocycles. The Morgan fingerprint density at radius 2 is 1.24 bits per heavy atom. The van der Waals surface area contributed by atoms with Crippen LogP contribution in [0.2, 0.25) is 0 Å². The highest BCUT2D eigenvalue weighted by Gasteiger charge is 2.37. The number of carbonyl (C=O) groups is 2. The summed E-state index contributed by atoms with van der Waals surface area (Å²) in [4.78, 5) is 30.8. The highest BCUT2D eigenvalue weighted by molar-refractivity contribution is 7.96. The van der Waals surface area contributed by atoms with Gasteiger partial charge in [-0.15, -0.1) is 0 Å².